The highest BCUT2D eigenvalue weighted by atomic mass is 35.5. The van der Waals surface area contributed by atoms with E-state index in [-0.39, 0.29) is 17.7 Å². The van der Waals surface area contributed by atoms with Crippen LogP contribution in [0.15, 0.2) is 42.5 Å². The summed E-state index contributed by atoms with van der Waals surface area (Å²) in [6.45, 7) is 6.65. The standard InChI is InChI=1S/C25H29ClN6O2/c1-17-22-14-20(5-6-23(22)29-28-17)27-25(34)18-7-8-30(15-18)16-24(33)32-11-9-31(10-12-32)21-4-2-3-19(26)13-21/h2-6,13-14,18H,7-12,15-16H2,1H3,(H,27,34)(H,28,29)/t18-/m1/s1. The van der Waals surface area contributed by atoms with Gasteiger partial charge in [0, 0.05) is 60.2 Å². The maximum atomic E-state index is 12.9. The molecule has 178 valence electrons. The van der Waals surface area contributed by atoms with Crippen LogP contribution < -0.4 is 10.2 Å². The third kappa shape index (κ3) is 4.88. The third-order valence-corrected chi connectivity index (χ3v) is 7.06. The number of aromatic nitrogens is 2. The molecule has 0 aliphatic carbocycles. The molecule has 0 radical (unpaired) electrons. The van der Waals surface area contributed by atoms with E-state index in [4.69, 9.17) is 11.6 Å². The lowest BCUT2D eigenvalue weighted by Crippen LogP contribution is -2.51. The van der Waals surface area contributed by atoms with Gasteiger partial charge >= 0.3 is 0 Å². The number of hydrogen-bond donors (Lipinski definition) is 2. The predicted octanol–water partition coefficient (Wildman–Crippen LogP) is 3.13. The van der Waals surface area contributed by atoms with Gasteiger partial charge in [0.15, 0.2) is 0 Å². The number of aromatic amines is 1. The van der Waals surface area contributed by atoms with Crippen molar-refractivity contribution in [2.24, 2.45) is 5.92 Å². The van der Waals surface area contributed by atoms with Crippen molar-refractivity contribution in [3.63, 3.8) is 0 Å². The molecule has 9 heteroatoms. The number of piperazine rings is 1. The van der Waals surface area contributed by atoms with Gasteiger partial charge in [-0.15, -0.1) is 0 Å². The van der Waals surface area contributed by atoms with Crippen LogP contribution in [0, 0.1) is 12.8 Å². The molecule has 5 rings (SSSR count). The highest BCUT2D eigenvalue weighted by Gasteiger charge is 2.31. The maximum absolute atomic E-state index is 12.9. The molecule has 0 unspecified atom stereocenters. The SMILES string of the molecule is Cc1[nH]nc2ccc(NC(=O)[C@@H]3CCN(CC(=O)N4CCN(c5cccc(Cl)c5)CC4)C3)cc12. The molecule has 2 fully saturated rings. The molecule has 1 aromatic heterocycles. The summed E-state index contributed by atoms with van der Waals surface area (Å²) in [4.78, 5) is 32.0. The van der Waals surface area contributed by atoms with Gasteiger partial charge in [-0.2, -0.15) is 5.10 Å². The Bertz CT molecular complexity index is 1200. The number of carbonyl (C=O) groups is 2. The lowest BCUT2D eigenvalue weighted by atomic mass is 10.1. The van der Waals surface area contributed by atoms with Gasteiger partial charge < -0.3 is 15.1 Å². The summed E-state index contributed by atoms with van der Waals surface area (Å²) in [6, 6.07) is 13.6. The fourth-order valence-corrected chi connectivity index (χ4v) is 5.01. The number of carbonyl (C=O) groups excluding carboxylic acids is 2. The second-order valence-corrected chi connectivity index (χ2v) is 9.57. The summed E-state index contributed by atoms with van der Waals surface area (Å²) in [5.41, 5.74) is 3.73. The van der Waals surface area contributed by atoms with E-state index < -0.39 is 0 Å². The Hall–Kier alpha value is -3.10. The van der Waals surface area contributed by atoms with E-state index >= 15 is 0 Å². The average Bonchev–Trinajstić information content (AvgIpc) is 3.46. The normalized spacial score (nSPS) is 19.1. The minimum absolute atomic E-state index is 0.00517. The molecule has 3 aromatic rings. The van der Waals surface area contributed by atoms with Gasteiger partial charge in [0.2, 0.25) is 11.8 Å². The van der Waals surface area contributed by atoms with Crippen LogP contribution in [-0.4, -0.2) is 77.6 Å². The molecule has 0 spiro atoms. The molecule has 0 bridgehead atoms. The van der Waals surface area contributed by atoms with E-state index in [1.807, 2.05) is 54.3 Å². The number of benzene rings is 2. The van der Waals surface area contributed by atoms with Gasteiger partial charge in [0.25, 0.3) is 0 Å². The Kier molecular flexibility index (Phi) is 6.43. The molecule has 2 amide bonds. The van der Waals surface area contributed by atoms with Crippen molar-refractivity contribution in [3.05, 3.63) is 53.2 Å². The Morgan fingerprint density at radius 3 is 2.74 bits per heavy atom. The summed E-state index contributed by atoms with van der Waals surface area (Å²) < 4.78 is 0. The van der Waals surface area contributed by atoms with E-state index in [0.29, 0.717) is 26.2 Å². The zero-order valence-electron chi connectivity index (χ0n) is 19.3. The van der Waals surface area contributed by atoms with E-state index in [1.165, 1.54) is 0 Å². The monoisotopic (exact) mass is 480 g/mol. The van der Waals surface area contributed by atoms with Crippen LogP contribution in [0.4, 0.5) is 11.4 Å². The predicted molar refractivity (Wildman–Crippen MR) is 134 cm³/mol. The molecule has 1 atom stereocenters. The summed E-state index contributed by atoms with van der Waals surface area (Å²) in [7, 11) is 0. The molecule has 34 heavy (non-hydrogen) atoms. The summed E-state index contributed by atoms with van der Waals surface area (Å²) >= 11 is 6.11. The minimum Gasteiger partial charge on any atom is -0.368 e. The number of nitrogens with one attached hydrogen (secondary N) is 2. The number of likely N-dealkylation sites (tertiary alicyclic amines) is 1. The molecular weight excluding hydrogens is 452 g/mol. The molecule has 2 N–H and O–H groups in total. The average molecular weight is 481 g/mol. The van der Waals surface area contributed by atoms with Gasteiger partial charge in [0.05, 0.1) is 18.0 Å². The van der Waals surface area contributed by atoms with Crippen LogP contribution in [0.5, 0.6) is 0 Å². The van der Waals surface area contributed by atoms with Crippen LogP contribution in [0.3, 0.4) is 0 Å². The van der Waals surface area contributed by atoms with Crippen molar-refractivity contribution in [1.29, 1.82) is 0 Å². The van der Waals surface area contributed by atoms with Gasteiger partial charge in [-0.3, -0.25) is 19.6 Å². The number of aryl methyl sites for hydroxylation is 1. The van der Waals surface area contributed by atoms with E-state index in [1.54, 1.807) is 0 Å². The Balaban J connectivity index is 1.10. The van der Waals surface area contributed by atoms with E-state index in [2.05, 4.69) is 25.3 Å². The van der Waals surface area contributed by atoms with Crippen LogP contribution in [0.2, 0.25) is 5.02 Å². The van der Waals surface area contributed by atoms with Crippen molar-refractivity contribution in [2.45, 2.75) is 13.3 Å². The van der Waals surface area contributed by atoms with E-state index in [9.17, 15) is 9.59 Å². The third-order valence-electron chi connectivity index (χ3n) is 6.82. The molecule has 8 nitrogen and oxygen atoms in total. The topological polar surface area (TPSA) is 84.6 Å². The van der Waals surface area contributed by atoms with Crippen molar-refractivity contribution >= 4 is 45.7 Å². The first-order valence-electron chi connectivity index (χ1n) is 11.7. The highest BCUT2D eigenvalue weighted by Crippen LogP contribution is 2.24. The van der Waals surface area contributed by atoms with Crippen molar-refractivity contribution in [3.8, 4) is 0 Å². The number of amides is 2. The van der Waals surface area contributed by atoms with Gasteiger partial charge in [-0.05, 0) is 56.3 Å². The Morgan fingerprint density at radius 1 is 1.12 bits per heavy atom. The second kappa shape index (κ2) is 9.64. The Labute approximate surface area is 203 Å². The number of rotatable bonds is 5. The fraction of sp³-hybridized carbons (Fsp3) is 0.400. The largest absolute Gasteiger partial charge is 0.368 e. The van der Waals surface area contributed by atoms with Crippen LogP contribution >= 0.6 is 11.6 Å². The van der Waals surface area contributed by atoms with E-state index in [0.717, 1.165) is 59.0 Å². The van der Waals surface area contributed by atoms with Crippen LogP contribution in [-0.2, 0) is 9.59 Å². The highest BCUT2D eigenvalue weighted by molar-refractivity contribution is 6.30. The first kappa shape index (κ1) is 22.7. The lowest BCUT2D eigenvalue weighted by Gasteiger charge is -2.36. The summed E-state index contributed by atoms with van der Waals surface area (Å²) in [5.74, 6) is 0.0203. The van der Waals surface area contributed by atoms with Gasteiger partial charge in [-0.25, -0.2) is 0 Å². The number of fused-ring (bicyclic) bond motifs is 1. The minimum atomic E-state index is -0.117. The number of anilines is 2. The number of H-pyrrole nitrogens is 1. The molecule has 2 saturated heterocycles. The number of hydrogen-bond acceptors (Lipinski definition) is 5. The van der Waals surface area contributed by atoms with Gasteiger partial charge in [-0.1, -0.05) is 17.7 Å². The van der Waals surface area contributed by atoms with Crippen LogP contribution in [0.1, 0.15) is 12.1 Å². The Morgan fingerprint density at radius 2 is 1.94 bits per heavy atom. The second-order valence-electron chi connectivity index (χ2n) is 9.14. The number of halogens is 1. The maximum Gasteiger partial charge on any atom is 0.236 e. The van der Waals surface area contributed by atoms with Crippen molar-refractivity contribution < 1.29 is 9.59 Å². The first-order valence-corrected chi connectivity index (χ1v) is 12.1. The molecule has 2 aliphatic heterocycles. The fourth-order valence-electron chi connectivity index (χ4n) is 4.83. The smallest absolute Gasteiger partial charge is 0.236 e. The summed E-state index contributed by atoms with van der Waals surface area (Å²) in [6.07, 6.45) is 0.759. The molecule has 2 aliphatic rings. The molecule has 2 aromatic carbocycles. The van der Waals surface area contributed by atoms with Crippen molar-refractivity contribution in [1.82, 2.24) is 20.0 Å². The summed E-state index contributed by atoms with van der Waals surface area (Å²) in [5, 5.41) is 12.0. The zero-order valence-corrected chi connectivity index (χ0v) is 20.0. The lowest BCUT2D eigenvalue weighted by molar-refractivity contribution is -0.132. The molecule has 3 heterocycles. The first-order chi connectivity index (χ1) is 16.5. The molecule has 0 saturated carbocycles. The molecular formula is C25H29ClN6O2. The van der Waals surface area contributed by atoms with Crippen LogP contribution in [0.25, 0.3) is 10.9 Å². The quantitative estimate of drug-likeness (QED) is 0.586. The van der Waals surface area contributed by atoms with Crippen molar-refractivity contribution in [2.75, 3.05) is 56.0 Å². The zero-order chi connectivity index (χ0) is 23.7. The number of nitrogens with zero attached hydrogens (tertiary/aromatic N) is 4. The van der Waals surface area contributed by atoms with Gasteiger partial charge in [0.1, 0.15) is 0 Å².